The van der Waals surface area contributed by atoms with Crippen molar-refractivity contribution >= 4 is 5.97 Å². The van der Waals surface area contributed by atoms with Crippen LogP contribution in [0.15, 0.2) is 72.8 Å². The van der Waals surface area contributed by atoms with Crippen molar-refractivity contribution in [2.24, 2.45) is 0 Å². The summed E-state index contributed by atoms with van der Waals surface area (Å²) in [6, 6.07) is 26.6. The van der Waals surface area contributed by atoms with Gasteiger partial charge in [0.25, 0.3) is 0 Å². The lowest BCUT2D eigenvalue weighted by atomic mass is 9.66. The molecule has 2 heteroatoms. The number of hydrogen-bond acceptors (Lipinski definition) is 2. The minimum Gasteiger partial charge on any atom is -0.466 e. The highest BCUT2D eigenvalue weighted by atomic mass is 16.5. The van der Waals surface area contributed by atoms with Gasteiger partial charge in [0, 0.05) is 17.8 Å². The van der Waals surface area contributed by atoms with Gasteiger partial charge in [0.2, 0.25) is 0 Å². The fraction of sp³-hybridized carbons (Fsp3) is 0.296. The van der Waals surface area contributed by atoms with Gasteiger partial charge in [-0.2, -0.15) is 0 Å². The molecule has 0 heterocycles. The Morgan fingerprint density at radius 3 is 2.34 bits per heavy atom. The van der Waals surface area contributed by atoms with Crippen molar-refractivity contribution < 1.29 is 9.53 Å². The van der Waals surface area contributed by atoms with Crippen LogP contribution >= 0.6 is 0 Å². The van der Waals surface area contributed by atoms with E-state index < -0.39 is 0 Å². The van der Waals surface area contributed by atoms with E-state index in [1.807, 2.05) is 6.92 Å². The number of benzene rings is 3. The third-order valence-electron chi connectivity index (χ3n) is 6.79. The second-order valence-corrected chi connectivity index (χ2v) is 8.26. The van der Waals surface area contributed by atoms with Gasteiger partial charge in [0.1, 0.15) is 0 Å². The van der Waals surface area contributed by atoms with Crippen LogP contribution in [0.25, 0.3) is 0 Å². The van der Waals surface area contributed by atoms with E-state index in [4.69, 9.17) is 4.74 Å². The first-order valence-electron chi connectivity index (χ1n) is 10.6. The number of fused-ring (bicyclic) bond motifs is 4. The zero-order valence-electron chi connectivity index (χ0n) is 16.9. The maximum Gasteiger partial charge on any atom is 0.305 e. The van der Waals surface area contributed by atoms with Gasteiger partial charge in [-0.1, -0.05) is 72.8 Å². The molecule has 0 saturated heterocycles. The minimum absolute atomic E-state index is 0.102. The third kappa shape index (κ3) is 2.90. The zero-order valence-corrected chi connectivity index (χ0v) is 16.9. The van der Waals surface area contributed by atoms with E-state index >= 15 is 0 Å². The molecule has 5 rings (SSSR count). The summed E-state index contributed by atoms with van der Waals surface area (Å²) in [6.45, 7) is 2.31. The molecule has 3 aromatic rings. The Morgan fingerprint density at radius 1 is 0.897 bits per heavy atom. The summed E-state index contributed by atoms with van der Waals surface area (Å²) >= 11 is 0. The van der Waals surface area contributed by atoms with E-state index in [0.717, 1.165) is 19.3 Å². The van der Waals surface area contributed by atoms with E-state index in [0.29, 0.717) is 18.9 Å². The minimum atomic E-state index is -0.207. The van der Waals surface area contributed by atoms with Crippen LogP contribution in [0.1, 0.15) is 59.1 Å². The normalized spacial score (nSPS) is 21.3. The molecule has 2 aliphatic carbocycles. The number of ether oxygens (including phenoxy) is 1. The number of esters is 1. The molecule has 0 fully saturated rings. The average molecular weight is 383 g/mol. The fourth-order valence-corrected chi connectivity index (χ4v) is 5.61. The smallest absolute Gasteiger partial charge is 0.305 e. The molecule has 146 valence electrons. The van der Waals surface area contributed by atoms with Gasteiger partial charge in [-0.05, 0) is 59.6 Å². The van der Waals surface area contributed by atoms with E-state index in [1.54, 1.807) is 0 Å². The molecule has 0 aromatic heterocycles. The summed E-state index contributed by atoms with van der Waals surface area (Å²) < 4.78 is 5.30. The van der Waals surface area contributed by atoms with Crippen LogP contribution in [-0.2, 0) is 27.8 Å². The first-order chi connectivity index (χ1) is 14.2. The van der Waals surface area contributed by atoms with Gasteiger partial charge >= 0.3 is 5.97 Å². The van der Waals surface area contributed by atoms with Crippen molar-refractivity contribution in [2.75, 3.05) is 6.61 Å². The molecule has 3 aromatic carbocycles. The quantitative estimate of drug-likeness (QED) is 0.552. The second kappa shape index (κ2) is 7.18. The Labute approximate surface area is 172 Å². The van der Waals surface area contributed by atoms with E-state index in [9.17, 15) is 4.79 Å². The van der Waals surface area contributed by atoms with Gasteiger partial charge < -0.3 is 4.74 Å². The van der Waals surface area contributed by atoms with Crippen LogP contribution < -0.4 is 0 Å². The first-order valence-corrected chi connectivity index (χ1v) is 10.6. The zero-order chi connectivity index (χ0) is 19.8. The lowest BCUT2D eigenvalue weighted by Gasteiger charge is -2.36. The SMILES string of the molecule is CCOC(=O)CCC12Cc3ccccc3C(Cc3ccccc31)c1ccccc12. The molecule has 0 spiro atoms. The van der Waals surface area contributed by atoms with Crippen molar-refractivity contribution in [3.8, 4) is 0 Å². The molecule has 2 unspecified atom stereocenters. The molecule has 0 amide bonds. The van der Waals surface area contributed by atoms with Gasteiger partial charge in [0.15, 0.2) is 0 Å². The molecule has 0 aliphatic heterocycles. The van der Waals surface area contributed by atoms with Crippen LogP contribution in [0.2, 0.25) is 0 Å². The van der Waals surface area contributed by atoms with E-state index in [-0.39, 0.29) is 11.4 Å². The van der Waals surface area contributed by atoms with Gasteiger partial charge in [0.05, 0.1) is 6.61 Å². The van der Waals surface area contributed by atoms with Gasteiger partial charge in [-0.3, -0.25) is 4.79 Å². The second-order valence-electron chi connectivity index (χ2n) is 8.26. The molecular weight excluding hydrogens is 356 g/mol. The lowest BCUT2D eigenvalue weighted by molar-refractivity contribution is -0.143. The molecule has 2 aliphatic rings. The molecule has 0 N–H and O–H groups in total. The van der Waals surface area contributed by atoms with Crippen LogP contribution in [-0.4, -0.2) is 12.6 Å². The van der Waals surface area contributed by atoms with Crippen molar-refractivity contribution in [2.45, 2.75) is 43.9 Å². The Balaban J connectivity index is 1.76. The van der Waals surface area contributed by atoms with Crippen LogP contribution in [0.3, 0.4) is 0 Å². The molecule has 29 heavy (non-hydrogen) atoms. The summed E-state index contributed by atoms with van der Waals surface area (Å²) in [4.78, 5) is 12.4. The van der Waals surface area contributed by atoms with Crippen molar-refractivity contribution in [1.82, 2.24) is 0 Å². The highest BCUT2D eigenvalue weighted by molar-refractivity contribution is 5.70. The molecule has 0 saturated carbocycles. The van der Waals surface area contributed by atoms with Crippen LogP contribution in [0, 0.1) is 0 Å². The lowest BCUT2D eigenvalue weighted by Crippen LogP contribution is -2.32. The van der Waals surface area contributed by atoms with Gasteiger partial charge in [-0.15, -0.1) is 0 Å². The highest BCUT2D eigenvalue weighted by Gasteiger charge is 2.44. The molecular formula is C27H26O2. The maximum atomic E-state index is 12.4. The Morgan fingerprint density at radius 2 is 1.55 bits per heavy atom. The Bertz CT molecular complexity index is 1070. The number of carbonyl (C=O) groups is 1. The van der Waals surface area contributed by atoms with Gasteiger partial charge in [-0.25, -0.2) is 0 Å². The third-order valence-corrected chi connectivity index (χ3v) is 6.79. The fourth-order valence-electron chi connectivity index (χ4n) is 5.61. The number of hydrogen-bond donors (Lipinski definition) is 0. The number of rotatable bonds is 4. The summed E-state index contributed by atoms with van der Waals surface area (Å²) in [5, 5.41) is 0. The monoisotopic (exact) mass is 382 g/mol. The first kappa shape index (κ1) is 18.2. The summed E-state index contributed by atoms with van der Waals surface area (Å²) in [5.74, 6) is 0.255. The highest BCUT2D eigenvalue weighted by Crippen LogP contribution is 2.52. The maximum absolute atomic E-state index is 12.4. The molecule has 2 nitrogen and oxygen atoms in total. The standard InChI is InChI=1S/C27H26O2/c1-2-29-26(28)15-16-27-18-20-10-3-5-11-21(20)23(22-12-6-8-14-25(22)27)17-19-9-4-7-13-24(19)27/h3-14,23H,2,15-18H2,1H3. The summed E-state index contributed by atoms with van der Waals surface area (Å²) in [5.41, 5.74) is 8.23. The Hall–Kier alpha value is -2.87. The summed E-state index contributed by atoms with van der Waals surface area (Å²) in [7, 11) is 0. The van der Waals surface area contributed by atoms with E-state index in [1.165, 1.54) is 33.4 Å². The predicted molar refractivity (Wildman–Crippen MR) is 115 cm³/mol. The summed E-state index contributed by atoms with van der Waals surface area (Å²) in [6.07, 6.45) is 3.13. The average Bonchev–Trinajstić information content (AvgIpc) is 2.94. The van der Waals surface area contributed by atoms with Crippen LogP contribution in [0.5, 0.6) is 0 Å². The number of carbonyl (C=O) groups excluding carboxylic acids is 1. The molecule has 2 atom stereocenters. The predicted octanol–water partition coefficient (Wildman–Crippen LogP) is 5.56. The van der Waals surface area contributed by atoms with E-state index in [2.05, 4.69) is 72.8 Å². The largest absolute Gasteiger partial charge is 0.466 e. The topological polar surface area (TPSA) is 26.3 Å². The van der Waals surface area contributed by atoms with Crippen molar-refractivity contribution in [3.63, 3.8) is 0 Å². The van der Waals surface area contributed by atoms with Crippen molar-refractivity contribution in [1.29, 1.82) is 0 Å². The molecule has 0 radical (unpaired) electrons. The molecule has 2 bridgehead atoms. The van der Waals surface area contributed by atoms with Crippen LogP contribution in [0.4, 0.5) is 0 Å². The van der Waals surface area contributed by atoms with Crippen molar-refractivity contribution in [3.05, 3.63) is 106 Å². The Kier molecular flexibility index (Phi) is 4.50.